The molecule has 0 aliphatic rings. The van der Waals surface area contributed by atoms with Gasteiger partial charge in [-0.1, -0.05) is 12.1 Å². The van der Waals surface area contributed by atoms with Gasteiger partial charge in [-0.25, -0.2) is 8.78 Å². The number of rotatable bonds is 0. The van der Waals surface area contributed by atoms with Gasteiger partial charge in [0, 0.05) is 10.8 Å². The molecule has 0 aliphatic heterocycles. The fourth-order valence-corrected chi connectivity index (χ4v) is 3.91. The molecule has 2 aromatic heterocycles. The molecule has 0 atom stereocenters. The van der Waals surface area contributed by atoms with Crippen molar-refractivity contribution in [3.63, 3.8) is 0 Å². The topological polar surface area (TPSA) is 65.7 Å². The Morgan fingerprint density at radius 2 is 1.07 bits per heavy atom. The van der Waals surface area contributed by atoms with Crippen LogP contribution in [0.25, 0.3) is 43.6 Å². The van der Waals surface area contributed by atoms with Crippen molar-refractivity contribution in [2.45, 2.75) is 13.8 Å². The third kappa shape index (κ3) is 2.08. The zero-order valence-electron chi connectivity index (χ0n) is 15.0. The third-order valence-electron chi connectivity index (χ3n) is 5.35. The Bertz CT molecular complexity index is 1480. The molecule has 0 spiro atoms. The highest BCUT2D eigenvalue weighted by Gasteiger charge is 2.16. The van der Waals surface area contributed by atoms with E-state index in [0.29, 0.717) is 32.9 Å². The zero-order chi connectivity index (χ0) is 19.7. The number of aryl methyl sites for hydroxylation is 2. The molecule has 0 saturated carbocycles. The summed E-state index contributed by atoms with van der Waals surface area (Å²) in [7, 11) is 0. The van der Waals surface area contributed by atoms with Crippen LogP contribution < -0.4 is 10.9 Å². The number of halogens is 2. The SMILES string of the molecule is Cc1ccc(F)c2[nH]c3cc4c(=O)c5c(C)ccc(F)c5[nH]c4cc3c(=O)c12. The summed E-state index contributed by atoms with van der Waals surface area (Å²) in [5.74, 6) is -1.07. The largest absolute Gasteiger partial charge is 0.352 e. The summed E-state index contributed by atoms with van der Waals surface area (Å²) >= 11 is 0. The molecule has 0 saturated heterocycles. The fraction of sp³-hybridized carbons (Fsp3) is 0.0909. The highest BCUT2D eigenvalue weighted by atomic mass is 19.1. The average molecular weight is 376 g/mol. The van der Waals surface area contributed by atoms with Gasteiger partial charge in [-0.2, -0.15) is 0 Å². The van der Waals surface area contributed by atoms with E-state index in [1.807, 2.05) is 0 Å². The number of hydrogen-bond acceptors (Lipinski definition) is 2. The summed E-state index contributed by atoms with van der Waals surface area (Å²) in [4.78, 5) is 31.9. The van der Waals surface area contributed by atoms with E-state index in [0.717, 1.165) is 0 Å². The molecular formula is C22H14F2N2O2. The number of H-pyrrole nitrogens is 2. The van der Waals surface area contributed by atoms with Crippen LogP contribution >= 0.6 is 0 Å². The van der Waals surface area contributed by atoms with Gasteiger partial charge in [0.15, 0.2) is 10.9 Å². The summed E-state index contributed by atoms with van der Waals surface area (Å²) in [5, 5.41) is 1.13. The standard InChI is InChI=1S/C22H14F2N2O2/c1-9-3-5-13(23)19-17(9)21(27)11-7-16-12(8-15(11)25-19)22(28)18-10(2)4-6-14(24)20(18)26-16/h3-8H,1-2H3,(H,25,27)(H,26,28). The normalized spacial score (nSPS) is 11.9. The molecule has 0 fully saturated rings. The molecule has 0 unspecified atom stereocenters. The van der Waals surface area contributed by atoms with Crippen molar-refractivity contribution in [2.24, 2.45) is 0 Å². The van der Waals surface area contributed by atoms with Gasteiger partial charge in [-0.3, -0.25) is 9.59 Å². The van der Waals surface area contributed by atoms with Gasteiger partial charge < -0.3 is 9.97 Å². The van der Waals surface area contributed by atoms with Gasteiger partial charge in [-0.05, 0) is 49.2 Å². The third-order valence-corrected chi connectivity index (χ3v) is 5.35. The summed E-state index contributed by atoms with van der Waals surface area (Å²) in [5.41, 5.74) is 1.54. The van der Waals surface area contributed by atoms with E-state index in [1.165, 1.54) is 24.3 Å². The second-order valence-electron chi connectivity index (χ2n) is 7.08. The number of aromatic amines is 2. The molecular weight excluding hydrogens is 362 g/mol. The Morgan fingerprint density at radius 1 is 0.679 bits per heavy atom. The number of benzene rings is 3. The molecule has 28 heavy (non-hydrogen) atoms. The molecule has 0 aliphatic carbocycles. The van der Waals surface area contributed by atoms with Crippen LogP contribution in [0.1, 0.15) is 11.1 Å². The average Bonchev–Trinajstić information content (AvgIpc) is 2.67. The van der Waals surface area contributed by atoms with Crippen molar-refractivity contribution in [1.82, 2.24) is 9.97 Å². The first-order chi connectivity index (χ1) is 13.4. The lowest BCUT2D eigenvalue weighted by molar-refractivity contribution is 0.636. The Hall–Kier alpha value is -3.54. The summed E-state index contributed by atoms with van der Waals surface area (Å²) in [6, 6.07) is 8.74. The smallest absolute Gasteiger partial charge is 0.197 e. The first-order valence-corrected chi connectivity index (χ1v) is 8.76. The quantitative estimate of drug-likeness (QED) is 0.389. The maximum Gasteiger partial charge on any atom is 0.197 e. The highest BCUT2D eigenvalue weighted by molar-refractivity contribution is 6.03. The first-order valence-electron chi connectivity index (χ1n) is 8.76. The molecule has 4 nitrogen and oxygen atoms in total. The van der Waals surface area contributed by atoms with Gasteiger partial charge in [0.05, 0.1) is 32.8 Å². The van der Waals surface area contributed by atoms with E-state index in [-0.39, 0.29) is 32.7 Å². The van der Waals surface area contributed by atoms with Crippen molar-refractivity contribution in [3.05, 3.63) is 79.6 Å². The van der Waals surface area contributed by atoms with Crippen LogP contribution in [-0.4, -0.2) is 9.97 Å². The van der Waals surface area contributed by atoms with Crippen LogP contribution in [-0.2, 0) is 0 Å². The lowest BCUT2D eigenvalue weighted by atomic mass is 10.0. The van der Waals surface area contributed by atoms with Crippen molar-refractivity contribution < 1.29 is 8.78 Å². The van der Waals surface area contributed by atoms with Crippen LogP contribution in [0.2, 0.25) is 0 Å². The van der Waals surface area contributed by atoms with E-state index in [4.69, 9.17) is 0 Å². The fourth-order valence-electron chi connectivity index (χ4n) is 3.91. The number of nitrogens with one attached hydrogen (secondary N) is 2. The van der Waals surface area contributed by atoms with Crippen molar-refractivity contribution >= 4 is 43.6 Å². The van der Waals surface area contributed by atoms with Gasteiger partial charge in [0.25, 0.3) is 0 Å². The lowest BCUT2D eigenvalue weighted by Crippen LogP contribution is -2.10. The molecule has 0 amide bonds. The predicted molar refractivity (Wildman–Crippen MR) is 107 cm³/mol. The summed E-state index contributed by atoms with van der Waals surface area (Å²) in [6.07, 6.45) is 0. The molecule has 5 aromatic rings. The maximum absolute atomic E-state index is 14.3. The number of pyridine rings is 2. The van der Waals surface area contributed by atoms with E-state index >= 15 is 0 Å². The Kier molecular flexibility index (Phi) is 3.25. The monoisotopic (exact) mass is 376 g/mol. The molecule has 2 heterocycles. The molecule has 6 heteroatoms. The number of hydrogen-bond donors (Lipinski definition) is 2. The predicted octanol–water partition coefficient (Wildman–Crippen LogP) is 4.57. The Balaban J connectivity index is 2.05. The molecule has 5 rings (SSSR count). The van der Waals surface area contributed by atoms with Crippen molar-refractivity contribution in [1.29, 1.82) is 0 Å². The summed E-state index contributed by atoms with van der Waals surface area (Å²) < 4.78 is 28.6. The zero-order valence-corrected chi connectivity index (χ0v) is 15.0. The van der Waals surface area contributed by atoms with Crippen LogP contribution in [0.15, 0.2) is 46.0 Å². The van der Waals surface area contributed by atoms with E-state index < -0.39 is 11.6 Å². The van der Waals surface area contributed by atoms with E-state index in [2.05, 4.69) is 9.97 Å². The minimum absolute atomic E-state index is 0.108. The second-order valence-corrected chi connectivity index (χ2v) is 7.08. The van der Waals surface area contributed by atoms with Crippen molar-refractivity contribution in [2.75, 3.05) is 0 Å². The number of aromatic nitrogens is 2. The molecule has 0 bridgehead atoms. The van der Waals surface area contributed by atoms with Gasteiger partial charge in [-0.15, -0.1) is 0 Å². The van der Waals surface area contributed by atoms with Crippen molar-refractivity contribution in [3.8, 4) is 0 Å². The van der Waals surface area contributed by atoms with E-state index in [9.17, 15) is 18.4 Å². The highest BCUT2D eigenvalue weighted by Crippen LogP contribution is 2.25. The molecule has 2 N–H and O–H groups in total. The molecule has 138 valence electrons. The lowest BCUT2D eigenvalue weighted by Gasteiger charge is -2.09. The maximum atomic E-state index is 14.3. The van der Waals surface area contributed by atoms with Crippen LogP contribution in [0.4, 0.5) is 8.78 Å². The van der Waals surface area contributed by atoms with Crippen LogP contribution in [0, 0.1) is 25.5 Å². The molecule has 0 radical (unpaired) electrons. The van der Waals surface area contributed by atoms with Gasteiger partial charge in [0.1, 0.15) is 11.6 Å². The van der Waals surface area contributed by atoms with Crippen LogP contribution in [0.5, 0.6) is 0 Å². The number of fused-ring (bicyclic) bond motifs is 4. The Morgan fingerprint density at radius 3 is 1.46 bits per heavy atom. The van der Waals surface area contributed by atoms with E-state index in [1.54, 1.807) is 26.0 Å². The first kappa shape index (κ1) is 16.6. The van der Waals surface area contributed by atoms with Crippen LogP contribution in [0.3, 0.4) is 0 Å². The Labute approximate surface area is 156 Å². The minimum atomic E-state index is -0.537. The molecule has 3 aromatic carbocycles. The second kappa shape index (κ2) is 5.48. The summed E-state index contributed by atoms with van der Waals surface area (Å²) in [6.45, 7) is 3.47. The van der Waals surface area contributed by atoms with Gasteiger partial charge in [0.2, 0.25) is 0 Å². The van der Waals surface area contributed by atoms with Gasteiger partial charge >= 0.3 is 0 Å². The minimum Gasteiger partial charge on any atom is -0.352 e.